The molecule has 1 aromatic heterocycles. The molecule has 0 unspecified atom stereocenters. The second-order valence-corrected chi connectivity index (χ2v) is 4.48. The second-order valence-electron chi connectivity index (χ2n) is 3.69. The standard InChI is InChI=1S/C10H13BrF3N3O2/c1-19-5-4-17-9(18)8(11)7(6-16-17)15-3-2-10(12,13)14/h6,15H,2-5H2,1H3. The SMILES string of the molecule is COCCn1ncc(NCCC(F)(F)F)c(Br)c1=O. The Hall–Kier alpha value is -1.09. The van der Waals surface area contributed by atoms with Gasteiger partial charge in [-0.2, -0.15) is 18.3 Å². The number of ether oxygens (including phenoxy) is 1. The van der Waals surface area contributed by atoms with Crippen LogP contribution < -0.4 is 10.9 Å². The van der Waals surface area contributed by atoms with E-state index in [1.807, 2.05) is 0 Å². The first kappa shape index (κ1) is 16.0. The molecule has 0 fully saturated rings. The molecule has 1 N–H and O–H groups in total. The van der Waals surface area contributed by atoms with Gasteiger partial charge in [0.05, 0.1) is 31.5 Å². The van der Waals surface area contributed by atoms with Gasteiger partial charge in [0, 0.05) is 13.7 Å². The van der Waals surface area contributed by atoms with Crippen LogP contribution in [0.3, 0.4) is 0 Å². The molecule has 19 heavy (non-hydrogen) atoms. The van der Waals surface area contributed by atoms with E-state index >= 15 is 0 Å². The number of hydrogen-bond donors (Lipinski definition) is 1. The van der Waals surface area contributed by atoms with E-state index in [9.17, 15) is 18.0 Å². The van der Waals surface area contributed by atoms with Gasteiger partial charge < -0.3 is 10.1 Å². The third kappa shape index (κ3) is 5.19. The van der Waals surface area contributed by atoms with Crippen LogP contribution in [0.4, 0.5) is 18.9 Å². The summed E-state index contributed by atoms with van der Waals surface area (Å²) in [6.45, 7) is 0.280. The van der Waals surface area contributed by atoms with Crippen molar-refractivity contribution in [1.29, 1.82) is 0 Å². The van der Waals surface area contributed by atoms with Crippen LogP contribution in [0, 0.1) is 0 Å². The Labute approximate surface area is 115 Å². The number of hydrogen-bond acceptors (Lipinski definition) is 4. The number of alkyl halides is 3. The maximum absolute atomic E-state index is 12.0. The average Bonchev–Trinajstić information content (AvgIpc) is 2.32. The summed E-state index contributed by atoms with van der Waals surface area (Å²) in [7, 11) is 1.49. The van der Waals surface area contributed by atoms with Crippen molar-refractivity contribution in [2.75, 3.05) is 25.6 Å². The number of anilines is 1. The fourth-order valence-corrected chi connectivity index (χ4v) is 1.71. The van der Waals surface area contributed by atoms with Crippen LogP contribution in [-0.2, 0) is 11.3 Å². The van der Waals surface area contributed by atoms with E-state index in [-0.39, 0.29) is 23.2 Å². The van der Waals surface area contributed by atoms with E-state index in [4.69, 9.17) is 4.74 Å². The van der Waals surface area contributed by atoms with Gasteiger partial charge in [0.25, 0.3) is 5.56 Å². The Morgan fingerprint density at radius 3 is 2.79 bits per heavy atom. The van der Waals surface area contributed by atoms with E-state index in [0.29, 0.717) is 6.61 Å². The van der Waals surface area contributed by atoms with Crippen molar-refractivity contribution in [3.05, 3.63) is 21.0 Å². The van der Waals surface area contributed by atoms with Gasteiger partial charge >= 0.3 is 6.18 Å². The summed E-state index contributed by atoms with van der Waals surface area (Å²) in [5.41, 5.74) is -0.183. The number of aromatic nitrogens is 2. The van der Waals surface area contributed by atoms with Crippen molar-refractivity contribution >= 4 is 21.6 Å². The van der Waals surface area contributed by atoms with Gasteiger partial charge in [-0.3, -0.25) is 4.79 Å². The minimum atomic E-state index is -4.24. The largest absolute Gasteiger partial charge is 0.390 e. The number of methoxy groups -OCH3 is 1. The topological polar surface area (TPSA) is 56.1 Å². The smallest absolute Gasteiger partial charge is 0.383 e. The predicted molar refractivity (Wildman–Crippen MR) is 67.2 cm³/mol. The summed E-state index contributed by atoms with van der Waals surface area (Å²) in [5.74, 6) is 0. The molecule has 0 bridgehead atoms. The molecule has 0 saturated carbocycles. The molecular weight excluding hydrogens is 331 g/mol. The first-order valence-electron chi connectivity index (χ1n) is 5.40. The Morgan fingerprint density at radius 1 is 1.53 bits per heavy atom. The fourth-order valence-electron chi connectivity index (χ4n) is 1.26. The van der Waals surface area contributed by atoms with Crippen molar-refractivity contribution in [1.82, 2.24) is 9.78 Å². The lowest BCUT2D eigenvalue weighted by Gasteiger charge is -2.11. The van der Waals surface area contributed by atoms with E-state index in [0.717, 1.165) is 0 Å². The molecule has 0 spiro atoms. The van der Waals surface area contributed by atoms with Crippen LogP contribution in [-0.4, -0.2) is 36.2 Å². The lowest BCUT2D eigenvalue weighted by Crippen LogP contribution is -2.26. The molecule has 1 aromatic rings. The Kier molecular flexibility index (Phi) is 5.80. The maximum atomic E-state index is 12.0. The lowest BCUT2D eigenvalue weighted by atomic mass is 10.4. The molecule has 0 amide bonds. The zero-order valence-corrected chi connectivity index (χ0v) is 11.7. The van der Waals surface area contributed by atoms with E-state index < -0.39 is 18.2 Å². The minimum Gasteiger partial charge on any atom is -0.383 e. The number of nitrogens with one attached hydrogen (secondary N) is 1. The summed E-state index contributed by atoms with van der Waals surface area (Å²) in [6, 6.07) is 0. The summed E-state index contributed by atoms with van der Waals surface area (Å²) in [5, 5.41) is 6.36. The Bertz CT molecular complexity index is 476. The van der Waals surface area contributed by atoms with E-state index in [2.05, 4.69) is 26.3 Å². The molecule has 0 aliphatic carbocycles. The summed E-state index contributed by atoms with van der Waals surface area (Å²) in [6.07, 6.45) is -3.91. The molecule has 0 aliphatic rings. The molecule has 0 saturated heterocycles. The summed E-state index contributed by atoms with van der Waals surface area (Å²) >= 11 is 3.05. The zero-order valence-electron chi connectivity index (χ0n) is 10.1. The summed E-state index contributed by atoms with van der Waals surface area (Å²) < 4.78 is 42.1. The molecule has 0 aliphatic heterocycles. The highest BCUT2D eigenvalue weighted by Gasteiger charge is 2.26. The normalized spacial score (nSPS) is 11.6. The molecule has 108 valence electrons. The van der Waals surface area contributed by atoms with Crippen LogP contribution >= 0.6 is 15.9 Å². The Morgan fingerprint density at radius 2 is 2.21 bits per heavy atom. The number of rotatable bonds is 6. The molecule has 9 heteroatoms. The van der Waals surface area contributed by atoms with Gasteiger partial charge in [-0.1, -0.05) is 0 Å². The molecule has 0 radical (unpaired) electrons. The average molecular weight is 344 g/mol. The molecule has 0 atom stereocenters. The van der Waals surface area contributed by atoms with Crippen LogP contribution in [0.15, 0.2) is 15.5 Å². The van der Waals surface area contributed by atoms with E-state index in [1.165, 1.54) is 18.0 Å². The molecule has 1 rings (SSSR count). The van der Waals surface area contributed by atoms with Crippen molar-refractivity contribution in [2.24, 2.45) is 0 Å². The first-order chi connectivity index (χ1) is 8.85. The van der Waals surface area contributed by atoms with Gasteiger partial charge in [0.2, 0.25) is 0 Å². The lowest BCUT2D eigenvalue weighted by molar-refractivity contribution is -0.131. The zero-order chi connectivity index (χ0) is 14.5. The third-order valence-corrected chi connectivity index (χ3v) is 2.98. The first-order valence-corrected chi connectivity index (χ1v) is 6.19. The highest BCUT2D eigenvalue weighted by molar-refractivity contribution is 9.10. The molecule has 0 aromatic carbocycles. The van der Waals surface area contributed by atoms with Gasteiger partial charge in [-0.15, -0.1) is 0 Å². The van der Waals surface area contributed by atoms with Crippen molar-refractivity contribution in [2.45, 2.75) is 19.1 Å². The number of nitrogens with zero attached hydrogens (tertiary/aromatic N) is 2. The van der Waals surface area contributed by atoms with Crippen LogP contribution in [0.5, 0.6) is 0 Å². The predicted octanol–water partition coefficient (Wildman–Crippen LogP) is 2.02. The van der Waals surface area contributed by atoms with Crippen molar-refractivity contribution in [3.63, 3.8) is 0 Å². The van der Waals surface area contributed by atoms with Gasteiger partial charge in [-0.05, 0) is 15.9 Å². The quantitative estimate of drug-likeness (QED) is 0.858. The fraction of sp³-hybridized carbons (Fsp3) is 0.600. The van der Waals surface area contributed by atoms with Crippen LogP contribution in [0.1, 0.15) is 6.42 Å². The van der Waals surface area contributed by atoms with Crippen LogP contribution in [0.25, 0.3) is 0 Å². The highest BCUT2D eigenvalue weighted by atomic mass is 79.9. The van der Waals surface area contributed by atoms with Gasteiger partial charge in [-0.25, -0.2) is 4.68 Å². The highest BCUT2D eigenvalue weighted by Crippen LogP contribution is 2.21. The second kappa shape index (κ2) is 6.90. The molecule has 5 nitrogen and oxygen atoms in total. The Balaban J connectivity index is 2.71. The molecular formula is C10H13BrF3N3O2. The minimum absolute atomic E-state index is 0.153. The number of halogens is 4. The monoisotopic (exact) mass is 343 g/mol. The van der Waals surface area contributed by atoms with Gasteiger partial charge in [0.15, 0.2) is 0 Å². The molecule has 1 heterocycles. The van der Waals surface area contributed by atoms with Crippen molar-refractivity contribution in [3.8, 4) is 0 Å². The van der Waals surface area contributed by atoms with Crippen LogP contribution in [0.2, 0.25) is 0 Å². The maximum Gasteiger partial charge on any atom is 0.390 e. The third-order valence-electron chi connectivity index (χ3n) is 2.22. The van der Waals surface area contributed by atoms with E-state index in [1.54, 1.807) is 0 Å². The summed E-state index contributed by atoms with van der Waals surface area (Å²) in [4.78, 5) is 11.8. The van der Waals surface area contributed by atoms with Gasteiger partial charge in [0.1, 0.15) is 4.47 Å². The van der Waals surface area contributed by atoms with Crippen molar-refractivity contribution < 1.29 is 17.9 Å².